The van der Waals surface area contributed by atoms with E-state index in [1.165, 1.54) is 13.2 Å². The van der Waals surface area contributed by atoms with Gasteiger partial charge in [-0.05, 0) is 42.7 Å². The van der Waals surface area contributed by atoms with Crippen LogP contribution in [0.4, 0.5) is 0 Å². The molecule has 0 amide bonds. The van der Waals surface area contributed by atoms with Crippen LogP contribution >= 0.6 is 0 Å². The minimum atomic E-state index is -0.322. The smallest absolute Gasteiger partial charge is 0.307 e. The van der Waals surface area contributed by atoms with E-state index in [-0.39, 0.29) is 5.97 Å². The standard InChI is InChI=1S/C16H18O4/c1-11(17)20-9-8-12-4-5-13-14(10-12)16(19-3)7-6-15(13)18-2/h6-10H,4-5H2,1-3H3. The first-order chi connectivity index (χ1) is 9.65. The van der Waals surface area contributed by atoms with Crippen molar-refractivity contribution in [2.24, 2.45) is 0 Å². The van der Waals surface area contributed by atoms with Crippen LogP contribution in [0.3, 0.4) is 0 Å². The molecule has 4 nitrogen and oxygen atoms in total. The van der Waals surface area contributed by atoms with E-state index in [1.807, 2.05) is 24.3 Å². The van der Waals surface area contributed by atoms with E-state index >= 15 is 0 Å². The Balaban J connectivity index is 2.33. The van der Waals surface area contributed by atoms with Gasteiger partial charge in [-0.3, -0.25) is 4.79 Å². The minimum absolute atomic E-state index is 0.322. The molecule has 0 atom stereocenters. The number of allylic oxidation sites excluding steroid dienone is 2. The summed E-state index contributed by atoms with van der Waals surface area (Å²) in [6, 6.07) is 3.82. The Hall–Kier alpha value is -2.23. The fourth-order valence-corrected chi connectivity index (χ4v) is 2.28. The summed E-state index contributed by atoms with van der Waals surface area (Å²) >= 11 is 0. The first-order valence-electron chi connectivity index (χ1n) is 6.44. The van der Waals surface area contributed by atoms with Crippen LogP contribution in [-0.2, 0) is 16.0 Å². The second-order valence-electron chi connectivity index (χ2n) is 4.49. The van der Waals surface area contributed by atoms with Gasteiger partial charge in [0.25, 0.3) is 0 Å². The second-order valence-corrected chi connectivity index (χ2v) is 4.49. The molecule has 1 aliphatic carbocycles. The Morgan fingerprint density at radius 2 is 1.85 bits per heavy atom. The van der Waals surface area contributed by atoms with Crippen LogP contribution in [0.5, 0.6) is 11.5 Å². The Morgan fingerprint density at radius 1 is 1.15 bits per heavy atom. The molecular formula is C16H18O4. The fourth-order valence-electron chi connectivity index (χ4n) is 2.28. The molecule has 1 aromatic rings. The lowest BCUT2D eigenvalue weighted by Gasteiger charge is -2.19. The van der Waals surface area contributed by atoms with Crippen molar-refractivity contribution in [1.29, 1.82) is 0 Å². The van der Waals surface area contributed by atoms with E-state index in [0.29, 0.717) is 0 Å². The molecule has 0 aromatic heterocycles. The van der Waals surface area contributed by atoms with Gasteiger partial charge in [0, 0.05) is 18.1 Å². The van der Waals surface area contributed by atoms with E-state index in [1.54, 1.807) is 14.2 Å². The lowest BCUT2D eigenvalue weighted by Crippen LogP contribution is -2.03. The normalized spacial score (nSPS) is 13.7. The highest BCUT2D eigenvalue weighted by Crippen LogP contribution is 2.37. The summed E-state index contributed by atoms with van der Waals surface area (Å²) in [6.45, 7) is 1.38. The summed E-state index contributed by atoms with van der Waals surface area (Å²) in [4.78, 5) is 10.7. The predicted octanol–water partition coefficient (Wildman–Crippen LogP) is 3.11. The van der Waals surface area contributed by atoms with Crippen molar-refractivity contribution in [3.05, 3.63) is 41.2 Å². The van der Waals surface area contributed by atoms with Crippen molar-refractivity contribution in [1.82, 2.24) is 0 Å². The number of esters is 1. The summed E-state index contributed by atoms with van der Waals surface area (Å²) < 4.78 is 15.6. The van der Waals surface area contributed by atoms with Gasteiger partial charge in [-0.25, -0.2) is 0 Å². The average Bonchev–Trinajstić information content (AvgIpc) is 2.45. The molecule has 0 saturated heterocycles. The van der Waals surface area contributed by atoms with E-state index in [9.17, 15) is 4.79 Å². The molecular weight excluding hydrogens is 256 g/mol. The van der Waals surface area contributed by atoms with Crippen molar-refractivity contribution in [3.8, 4) is 11.5 Å². The van der Waals surface area contributed by atoms with Crippen LogP contribution in [0, 0.1) is 0 Å². The highest BCUT2D eigenvalue weighted by Gasteiger charge is 2.17. The van der Waals surface area contributed by atoms with Crippen LogP contribution in [0.15, 0.2) is 30.0 Å². The fraction of sp³-hybridized carbons (Fsp3) is 0.312. The van der Waals surface area contributed by atoms with Gasteiger partial charge in [-0.2, -0.15) is 0 Å². The molecule has 0 spiro atoms. The zero-order valence-electron chi connectivity index (χ0n) is 11.9. The molecule has 106 valence electrons. The highest BCUT2D eigenvalue weighted by atomic mass is 16.5. The monoisotopic (exact) mass is 274 g/mol. The van der Waals surface area contributed by atoms with Gasteiger partial charge in [0.05, 0.1) is 20.5 Å². The van der Waals surface area contributed by atoms with Crippen molar-refractivity contribution in [2.45, 2.75) is 19.8 Å². The first kappa shape index (κ1) is 14.2. The Bertz CT molecular complexity index is 570. The van der Waals surface area contributed by atoms with Gasteiger partial charge >= 0.3 is 5.97 Å². The second kappa shape index (κ2) is 6.28. The quantitative estimate of drug-likeness (QED) is 0.625. The summed E-state index contributed by atoms with van der Waals surface area (Å²) in [7, 11) is 3.32. The summed E-state index contributed by atoms with van der Waals surface area (Å²) in [5.41, 5.74) is 3.27. The summed E-state index contributed by atoms with van der Waals surface area (Å²) in [5.74, 6) is 1.37. The molecule has 20 heavy (non-hydrogen) atoms. The zero-order chi connectivity index (χ0) is 14.5. The number of ether oxygens (including phenoxy) is 3. The third kappa shape index (κ3) is 3.02. The van der Waals surface area contributed by atoms with E-state index in [4.69, 9.17) is 14.2 Å². The number of hydrogen-bond donors (Lipinski definition) is 0. The number of rotatable bonds is 4. The van der Waals surface area contributed by atoms with Crippen molar-refractivity contribution < 1.29 is 19.0 Å². The Kier molecular flexibility index (Phi) is 4.45. The van der Waals surface area contributed by atoms with Gasteiger partial charge in [0.15, 0.2) is 0 Å². The molecule has 0 saturated carbocycles. The van der Waals surface area contributed by atoms with Crippen molar-refractivity contribution in [3.63, 3.8) is 0 Å². The van der Waals surface area contributed by atoms with Crippen LogP contribution < -0.4 is 9.47 Å². The van der Waals surface area contributed by atoms with E-state index in [0.717, 1.165) is 41.0 Å². The Morgan fingerprint density at radius 3 is 2.50 bits per heavy atom. The van der Waals surface area contributed by atoms with Crippen LogP contribution in [0.25, 0.3) is 6.08 Å². The summed E-state index contributed by atoms with van der Waals surface area (Å²) in [5, 5.41) is 0. The molecule has 1 aromatic carbocycles. The summed E-state index contributed by atoms with van der Waals surface area (Å²) in [6.07, 6.45) is 7.01. The molecule has 0 heterocycles. The lowest BCUT2D eigenvalue weighted by molar-refractivity contribution is -0.135. The topological polar surface area (TPSA) is 44.8 Å². The molecule has 0 fully saturated rings. The van der Waals surface area contributed by atoms with Crippen LogP contribution in [0.1, 0.15) is 24.5 Å². The molecule has 0 unspecified atom stereocenters. The third-order valence-corrected chi connectivity index (χ3v) is 3.22. The first-order valence-corrected chi connectivity index (χ1v) is 6.44. The molecule has 0 bridgehead atoms. The molecule has 0 aliphatic heterocycles. The van der Waals surface area contributed by atoms with Gasteiger partial charge in [0.2, 0.25) is 0 Å². The number of benzene rings is 1. The zero-order valence-corrected chi connectivity index (χ0v) is 11.9. The number of hydrogen-bond acceptors (Lipinski definition) is 4. The van der Waals surface area contributed by atoms with Gasteiger partial charge in [-0.1, -0.05) is 0 Å². The number of methoxy groups -OCH3 is 2. The molecule has 1 aliphatic rings. The lowest BCUT2D eigenvalue weighted by atomic mass is 9.91. The van der Waals surface area contributed by atoms with E-state index in [2.05, 4.69) is 0 Å². The predicted molar refractivity (Wildman–Crippen MR) is 76.8 cm³/mol. The number of carbonyl (C=O) groups excluding carboxylic acids is 1. The van der Waals surface area contributed by atoms with Gasteiger partial charge in [-0.15, -0.1) is 0 Å². The van der Waals surface area contributed by atoms with Crippen LogP contribution in [-0.4, -0.2) is 20.2 Å². The number of carbonyl (C=O) groups is 1. The molecule has 4 heteroatoms. The minimum Gasteiger partial charge on any atom is -0.496 e. The maximum Gasteiger partial charge on any atom is 0.307 e. The third-order valence-electron chi connectivity index (χ3n) is 3.22. The average molecular weight is 274 g/mol. The number of fused-ring (bicyclic) bond motifs is 1. The molecule has 0 N–H and O–H groups in total. The SMILES string of the molecule is COc1ccc(OC)c2c1C=C(C=COC(C)=O)CC2. The highest BCUT2D eigenvalue weighted by molar-refractivity contribution is 5.70. The van der Waals surface area contributed by atoms with Gasteiger partial charge < -0.3 is 14.2 Å². The largest absolute Gasteiger partial charge is 0.496 e. The van der Waals surface area contributed by atoms with Crippen LogP contribution in [0.2, 0.25) is 0 Å². The van der Waals surface area contributed by atoms with Crippen molar-refractivity contribution in [2.75, 3.05) is 14.2 Å². The van der Waals surface area contributed by atoms with E-state index < -0.39 is 0 Å². The van der Waals surface area contributed by atoms with Crippen molar-refractivity contribution >= 4 is 12.0 Å². The maximum atomic E-state index is 10.7. The van der Waals surface area contributed by atoms with Gasteiger partial charge in [0.1, 0.15) is 11.5 Å². The molecule has 2 rings (SSSR count). The maximum absolute atomic E-state index is 10.7. The molecule has 0 radical (unpaired) electrons. The Labute approximate surface area is 118 Å².